The number of halogens is 1. The monoisotopic (exact) mass is 391 g/mol. The van der Waals surface area contributed by atoms with Crippen molar-refractivity contribution in [2.24, 2.45) is 0 Å². The van der Waals surface area contributed by atoms with Gasteiger partial charge in [0.1, 0.15) is 11.6 Å². The molecule has 0 aliphatic carbocycles. The molecule has 0 radical (unpaired) electrons. The van der Waals surface area contributed by atoms with Crippen molar-refractivity contribution >= 4 is 15.7 Å². The van der Waals surface area contributed by atoms with Gasteiger partial charge in [-0.15, -0.1) is 0 Å². The lowest BCUT2D eigenvalue weighted by Crippen LogP contribution is -2.40. The summed E-state index contributed by atoms with van der Waals surface area (Å²) in [6.07, 6.45) is 0.395. The van der Waals surface area contributed by atoms with Crippen molar-refractivity contribution in [3.63, 3.8) is 0 Å². The fourth-order valence-corrected chi connectivity index (χ4v) is 4.98. The topological polar surface area (TPSA) is 63.7 Å². The second kappa shape index (κ2) is 8.08. The minimum Gasteiger partial charge on any atom is -0.493 e. The van der Waals surface area contributed by atoms with Crippen molar-refractivity contribution in [1.29, 1.82) is 0 Å². The second-order valence-corrected chi connectivity index (χ2v) is 8.77. The van der Waals surface area contributed by atoms with E-state index in [9.17, 15) is 17.6 Å². The highest BCUT2D eigenvalue weighted by Crippen LogP contribution is 2.26. The Morgan fingerprint density at radius 2 is 1.89 bits per heavy atom. The quantitative estimate of drug-likeness (QED) is 0.759. The van der Waals surface area contributed by atoms with Gasteiger partial charge in [-0.25, -0.2) is 12.8 Å². The molecule has 0 bridgehead atoms. The largest absolute Gasteiger partial charge is 0.493 e. The van der Waals surface area contributed by atoms with E-state index in [0.29, 0.717) is 24.3 Å². The predicted molar refractivity (Wildman–Crippen MR) is 101 cm³/mol. The molecule has 1 heterocycles. The van der Waals surface area contributed by atoms with E-state index >= 15 is 0 Å². The number of carbonyl (C=O) groups excluding carboxylic acids is 1. The van der Waals surface area contributed by atoms with E-state index in [0.717, 1.165) is 5.56 Å². The van der Waals surface area contributed by atoms with Gasteiger partial charge in [0.15, 0.2) is 9.84 Å². The number of nitrogens with zero attached hydrogens (tertiary/aromatic N) is 1. The Bertz CT molecular complexity index is 912. The summed E-state index contributed by atoms with van der Waals surface area (Å²) < 4.78 is 42.7. The maximum atomic E-state index is 13.3. The highest BCUT2D eigenvalue weighted by molar-refractivity contribution is 7.91. The Kier molecular flexibility index (Phi) is 5.79. The summed E-state index contributed by atoms with van der Waals surface area (Å²) in [6.45, 7) is 2.46. The number of ether oxygens (including phenoxy) is 1. The Morgan fingerprint density at radius 1 is 1.19 bits per heavy atom. The number of amides is 1. The zero-order chi connectivity index (χ0) is 19.4. The van der Waals surface area contributed by atoms with Crippen LogP contribution in [-0.4, -0.2) is 43.4 Å². The van der Waals surface area contributed by atoms with Gasteiger partial charge in [0, 0.05) is 12.6 Å². The lowest BCUT2D eigenvalue weighted by molar-refractivity contribution is 0.0676. The van der Waals surface area contributed by atoms with E-state index in [2.05, 4.69) is 0 Å². The van der Waals surface area contributed by atoms with Crippen LogP contribution in [0.3, 0.4) is 0 Å². The normalized spacial score (nSPS) is 18.2. The zero-order valence-corrected chi connectivity index (χ0v) is 15.9. The van der Waals surface area contributed by atoms with E-state index in [1.807, 2.05) is 6.92 Å². The summed E-state index contributed by atoms with van der Waals surface area (Å²) in [7, 11) is -3.16. The van der Waals surface area contributed by atoms with Crippen LogP contribution in [0, 0.1) is 5.82 Å². The van der Waals surface area contributed by atoms with Crippen molar-refractivity contribution in [1.82, 2.24) is 4.90 Å². The third kappa shape index (κ3) is 4.66. The average Bonchev–Trinajstić information content (AvgIpc) is 3.01. The molecule has 2 aromatic rings. The third-order valence-electron chi connectivity index (χ3n) is 4.59. The molecule has 27 heavy (non-hydrogen) atoms. The Morgan fingerprint density at radius 3 is 2.52 bits per heavy atom. The second-order valence-electron chi connectivity index (χ2n) is 6.55. The Balaban J connectivity index is 1.94. The molecule has 0 saturated carbocycles. The maximum Gasteiger partial charge on any atom is 0.258 e. The standard InChI is InChI=1S/C20H22FNO4S/c1-2-26-19-6-4-3-5-18(19)20(23)22(17-11-12-27(24,25)14-17)13-15-7-9-16(21)10-8-15/h3-10,17H,2,11-14H2,1H3/t17-/m1/s1. The van der Waals surface area contributed by atoms with E-state index in [1.54, 1.807) is 41.3 Å². The van der Waals surface area contributed by atoms with Crippen LogP contribution >= 0.6 is 0 Å². The van der Waals surface area contributed by atoms with E-state index < -0.39 is 15.9 Å². The Hall–Kier alpha value is -2.41. The molecule has 0 N–H and O–H groups in total. The molecule has 1 amide bonds. The zero-order valence-electron chi connectivity index (χ0n) is 15.1. The van der Waals surface area contributed by atoms with Crippen LogP contribution in [0.1, 0.15) is 29.3 Å². The molecule has 0 unspecified atom stereocenters. The van der Waals surface area contributed by atoms with Crippen LogP contribution in [0.2, 0.25) is 0 Å². The van der Waals surface area contributed by atoms with E-state index in [1.165, 1.54) is 12.1 Å². The van der Waals surface area contributed by atoms with Gasteiger partial charge in [0.2, 0.25) is 0 Å². The summed E-state index contributed by atoms with van der Waals surface area (Å²) in [5.41, 5.74) is 1.13. The first-order chi connectivity index (χ1) is 12.9. The Labute approximate surface area is 158 Å². The van der Waals surface area contributed by atoms with Crippen molar-refractivity contribution < 1.29 is 22.3 Å². The van der Waals surface area contributed by atoms with Gasteiger partial charge in [-0.2, -0.15) is 0 Å². The minimum atomic E-state index is -3.16. The summed E-state index contributed by atoms with van der Waals surface area (Å²) in [6, 6.07) is 12.4. The summed E-state index contributed by atoms with van der Waals surface area (Å²) in [5, 5.41) is 0. The summed E-state index contributed by atoms with van der Waals surface area (Å²) >= 11 is 0. The molecular formula is C20H22FNO4S. The van der Waals surface area contributed by atoms with Crippen LogP contribution in [0.25, 0.3) is 0 Å². The summed E-state index contributed by atoms with van der Waals surface area (Å²) in [4.78, 5) is 14.9. The maximum absolute atomic E-state index is 13.3. The highest BCUT2D eigenvalue weighted by atomic mass is 32.2. The first kappa shape index (κ1) is 19.4. The SMILES string of the molecule is CCOc1ccccc1C(=O)N(Cc1ccc(F)cc1)[C@@H]1CCS(=O)(=O)C1. The van der Waals surface area contributed by atoms with Crippen LogP contribution in [0.5, 0.6) is 5.75 Å². The molecule has 1 atom stereocenters. The molecule has 3 rings (SSSR count). The molecule has 1 aliphatic heterocycles. The molecular weight excluding hydrogens is 369 g/mol. The van der Waals surface area contributed by atoms with Crippen LogP contribution < -0.4 is 4.74 Å². The molecule has 0 aromatic heterocycles. The van der Waals surface area contributed by atoms with Crippen LogP contribution in [-0.2, 0) is 16.4 Å². The van der Waals surface area contributed by atoms with Crippen LogP contribution in [0.4, 0.5) is 4.39 Å². The molecule has 7 heteroatoms. The van der Waals surface area contributed by atoms with Gasteiger partial charge in [0.05, 0.1) is 23.7 Å². The number of rotatable bonds is 6. The predicted octanol–water partition coefficient (Wildman–Crippen LogP) is 3.05. The van der Waals surface area contributed by atoms with Gasteiger partial charge in [-0.05, 0) is 43.2 Å². The van der Waals surface area contributed by atoms with E-state index in [-0.39, 0.29) is 29.8 Å². The molecule has 1 saturated heterocycles. The van der Waals surface area contributed by atoms with Gasteiger partial charge in [-0.1, -0.05) is 24.3 Å². The van der Waals surface area contributed by atoms with E-state index in [4.69, 9.17) is 4.74 Å². The number of sulfone groups is 1. The number of para-hydroxylation sites is 1. The first-order valence-electron chi connectivity index (χ1n) is 8.87. The fraction of sp³-hybridized carbons (Fsp3) is 0.350. The fourth-order valence-electron chi connectivity index (χ4n) is 3.25. The molecule has 2 aromatic carbocycles. The average molecular weight is 391 g/mol. The van der Waals surface area contributed by atoms with Crippen molar-refractivity contribution in [2.45, 2.75) is 25.9 Å². The number of benzene rings is 2. The molecule has 144 valence electrons. The minimum absolute atomic E-state index is 0.0588. The first-order valence-corrected chi connectivity index (χ1v) is 10.7. The molecule has 5 nitrogen and oxygen atoms in total. The van der Waals surface area contributed by atoms with Crippen molar-refractivity contribution in [3.05, 3.63) is 65.5 Å². The number of hydrogen-bond donors (Lipinski definition) is 0. The van der Waals surface area contributed by atoms with Gasteiger partial charge < -0.3 is 9.64 Å². The molecule has 1 aliphatic rings. The highest BCUT2D eigenvalue weighted by Gasteiger charge is 2.35. The number of hydrogen-bond acceptors (Lipinski definition) is 4. The molecule has 1 fully saturated rings. The van der Waals surface area contributed by atoms with Gasteiger partial charge in [-0.3, -0.25) is 4.79 Å². The lowest BCUT2D eigenvalue weighted by Gasteiger charge is -2.29. The van der Waals surface area contributed by atoms with Crippen LogP contribution in [0.15, 0.2) is 48.5 Å². The van der Waals surface area contributed by atoms with Gasteiger partial charge >= 0.3 is 0 Å². The third-order valence-corrected chi connectivity index (χ3v) is 6.34. The molecule has 0 spiro atoms. The summed E-state index contributed by atoms with van der Waals surface area (Å²) in [5.74, 6) is -0.170. The lowest BCUT2D eigenvalue weighted by atomic mass is 10.1. The van der Waals surface area contributed by atoms with Crippen molar-refractivity contribution in [3.8, 4) is 5.75 Å². The van der Waals surface area contributed by atoms with Gasteiger partial charge in [0.25, 0.3) is 5.91 Å². The van der Waals surface area contributed by atoms with Crippen molar-refractivity contribution in [2.75, 3.05) is 18.1 Å². The number of carbonyl (C=O) groups is 1. The smallest absolute Gasteiger partial charge is 0.258 e.